The first-order chi connectivity index (χ1) is 12.0. The molecule has 0 spiro atoms. The minimum Gasteiger partial charge on any atom is -0.496 e. The number of aromatic nitrogens is 3. The van der Waals surface area contributed by atoms with Crippen LogP contribution in [0.5, 0.6) is 5.75 Å². The maximum Gasteiger partial charge on any atom is 0.254 e. The largest absolute Gasteiger partial charge is 0.496 e. The van der Waals surface area contributed by atoms with Gasteiger partial charge < -0.3 is 10.1 Å². The first kappa shape index (κ1) is 17.0. The van der Waals surface area contributed by atoms with Crippen LogP contribution >= 0.6 is 0 Å². The highest BCUT2D eigenvalue weighted by Crippen LogP contribution is 2.20. The summed E-state index contributed by atoms with van der Waals surface area (Å²) in [6.07, 6.45) is 2.31. The van der Waals surface area contributed by atoms with Crippen molar-refractivity contribution in [2.24, 2.45) is 0 Å². The van der Waals surface area contributed by atoms with Crippen molar-refractivity contribution in [1.82, 2.24) is 19.9 Å². The summed E-state index contributed by atoms with van der Waals surface area (Å²) < 4.78 is 7.08. The van der Waals surface area contributed by atoms with E-state index in [0.717, 1.165) is 28.3 Å². The molecule has 0 aliphatic rings. The molecule has 0 saturated heterocycles. The van der Waals surface area contributed by atoms with Gasteiger partial charge in [0.05, 0.1) is 24.1 Å². The molecule has 130 valence electrons. The molecular weight excluding hydrogens is 316 g/mol. The number of nitrogens with zero attached hydrogens (tertiary/aromatic N) is 3. The summed E-state index contributed by atoms with van der Waals surface area (Å²) >= 11 is 0. The molecule has 0 aliphatic carbocycles. The van der Waals surface area contributed by atoms with E-state index in [-0.39, 0.29) is 5.91 Å². The van der Waals surface area contributed by atoms with Gasteiger partial charge in [0.25, 0.3) is 5.91 Å². The molecule has 0 fully saturated rings. The number of hydrogen-bond acceptors (Lipinski definition) is 4. The fourth-order valence-corrected chi connectivity index (χ4v) is 2.89. The van der Waals surface area contributed by atoms with Gasteiger partial charge in [-0.3, -0.25) is 4.79 Å². The lowest BCUT2D eigenvalue weighted by Gasteiger charge is -2.11. The number of carbonyl (C=O) groups is 1. The van der Waals surface area contributed by atoms with Gasteiger partial charge in [-0.05, 0) is 38.8 Å². The van der Waals surface area contributed by atoms with E-state index in [1.54, 1.807) is 17.8 Å². The molecule has 2 aromatic heterocycles. The number of rotatable bonds is 5. The molecule has 3 rings (SSSR count). The van der Waals surface area contributed by atoms with Crippen LogP contribution in [0.15, 0.2) is 30.5 Å². The molecule has 3 aromatic rings. The molecule has 0 saturated carbocycles. The standard InChI is InChI=1S/C19H22N4O2/c1-12-5-6-17(25-4)15(9-12)7-8-20-19(24)16-11-21-18-10-13(2)22-23(18)14(16)3/h5-6,9-11H,7-8H2,1-4H3,(H,20,24). The topological polar surface area (TPSA) is 68.5 Å². The zero-order chi connectivity index (χ0) is 18.0. The third kappa shape index (κ3) is 3.47. The van der Waals surface area contributed by atoms with E-state index in [2.05, 4.69) is 21.5 Å². The third-order valence-electron chi connectivity index (χ3n) is 4.21. The van der Waals surface area contributed by atoms with Gasteiger partial charge in [-0.1, -0.05) is 17.7 Å². The molecule has 0 unspecified atom stereocenters. The number of hydrogen-bond donors (Lipinski definition) is 1. The molecular formula is C19H22N4O2. The molecule has 2 heterocycles. The number of aryl methyl sites for hydroxylation is 3. The van der Waals surface area contributed by atoms with Crippen molar-refractivity contribution in [3.63, 3.8) is 0 Å². The van der Waals surface area contributed by atoms with Gasteiger partial charge in [0.1, 0.15) is 5.75 Å². The van der Waals surface area contributed by atoms with E-state index in [1.165, 1.54) is 5.56 Å². The fourth-order valence-electron chi connectivity index (χ4n) is 2.89. The second kappa shape index (κ2) is 6.93. The molecule has 0 atom stereocenters. The summed E-state index contributed by atoms with van der Waals surface area (Å²) in [4.78, 5) is 16.8. The average Bonchev–Trinajstić information content (AvgIpc) is 2.97. The molecule has 6 heteroatoms. The zero-order valence-corrected chi connectivity index (χ0v) is 15.0. The van der Waals surface area contributed by atoms with E-state index in [4.69, 9.17) is 4.74 Å². The van der Waals surface area contributed by atoms with Crippen molar-refractivity contribution in [2.45, 2.75) is 27.2 Å². The van der Waals surface area contributed by atoms with Crippen molar-refractivity contribution in [1.29, 1.82) is 0 Å². The Kier molecular flexibility index (Phi) is 4.70. The van der Waals surface area contributed by atoms with Crippen LogP contribution in [0.25, 0.3) is 5.65 Å². The highest BCUT2D eigenvalue weighted by atomic mass is 16.5. The van der Waals surface area contributed by atoms with E-state index >= 15 is 0 Å². The Labute approximate surface area is 146 Å². The molecule has 25 heavy (non-hydrogen) atoms. The maximum absolute atomic E-state index is 12.5. The Morgan fingerprint density at radius 3 is 2.80 bits per heavy atom. The molecule has 1 N–H and O–H groups in total. The van der Waals surface area contributed by atoms with E-state index in [1.807, 2.05) is 39.0 Å². The molecule has 6 nitrogen and oxygen atoms in total. The smallest absolute Gasteiger partial charge is 0.254 e. The van der Waals surface area contributed by atoms with Crippen LogP contribution in [-0.4, -0.2) is 34.2 Å². The Hall–Kier alpha value is -2.89. The minimum absolute atomic E-state index is 0.147. The van der Waals surface area contributed by atoms with Crippen molar-refractivity contribution in [3.05, 3.63) is 58.5 Å². The molecule has 1 aromatic carbocycles. The Morgan fingerprint density at radius 2 is 2.04 bits per heavy atom. The van der Waals surface area contributed by atoms with Crippen LogP contribution < -0.4 is 10.1 Å². The summed E-state index contributed by atoms with van der Waals surface area (Å²) in [5, 5.41) is 7.33. The van der Waals surface area contributed by atoms with Gasteiger partial charge in [-0.15, -0.1) is 0 Å². The van der Waals surface area contributed by atoms with Gasteiger partial charge in [-0.2, -0.15) is 5.10 Å². The van der Waals surface area contributed by atoms with Crippen LogP contribution in [0.2, 0.25) is 0 Å². The van der Waals surface area contributed by atoms with E-state index in [0.29, 0.717) is 18.5 Å². The second-order valence-corrected chi connectivity index (χ2v) is 6.13. The molecule has 0 bridgehead atoms. The van der Waals surface area contributed by atoms with Crippen molar-refractivity contribution in [2.75, 3.05) is 13.7 Å². The van der Waals surface area contributed by atoms with Crippen LogP contribution in [0.1, 0.15) is 32.9 Å². The average molecular weight is 338 g/mol. The normalized spacial score (nSPS) is 10.9. The van der Waals surface area contributed by atoms with Crippen LogP contribution in [0, 0.1) is 20.8 Å². The zero-order valence-electron chi connectivity index (χ0n) is 15.0. The monoisotopic (exact) mass is 338 g/mol. The number of ether oxygens (including phenoxy) is 1. The highest BCUT2D eigenvalue weighted by molar-refractivity contribution is 5.95. The summed E-state index contributed by atoms with van der Waals surface area (Å²) in [6.45, 7) is 6.34. The highest BCUT2D eigenvalue weighted by Gasteiger charge is 2.14. The van der Waals surface area contributed by atoms with Gasteiger partial charge >= 0.3 is 0 Å². The van der Waals surface area contributed by atoms with Crippen LogP contribution in [-0.2, 0) is 6.42 Å². The lowest BCUT2D eigenvalue weighted by Crippen LogP contribution is -2.27. The van der Waals surface area contributed by atoms with Gasteiger partial charge in [-0.25, -0.2) is 9.50 Å². The molecule has 0 radical (unpaired) electrons. The number of nitrogens with one attached hydrogen (secondary N) is 1. The summed E-state index contributed by atoms with van der Waals surface area (Å²) in [5.74, 6) is 0.692. The SMILES string of the molecule is COc1ccc(C)cc1CCNC(=O)c1cnc2cc(C)nn2c1C. The van der Waals surface area contributed by atoms with Crippen molar-refractivity contribution >= 4 is 11.6 Å². The first-order valence-corrected chi connectivity index (χ1v) is 8.23. The van der Waals surface area contributed by atoms with E-state index < -0.39 is 0 Å². The minimum atomic E-state index is -0.147. The van der Waals surface area contributed by atoms with Crippen molar-refractivity contribution in [3.8, 4) is 5.75 Å². The lowest BCUT2D eigenvalue weighted by molar-refractivity contribution is 0.0952. The van der Waals surface area contributed by atoms with Gasteiger partial charge in [0.2, 0.25) is 0 Å². The predicted octanol–water partition coefficient (Wildman–Crippen LogP) is 2.64. The summed E-state index contributed by atoms with van der Waals surface area (Å²) in [5.41, 5.74) is 5.18. The fraction of sp³-hybridized carbons (Fsp3) is 0.316. The van der Waals surface area contributed by atoms with E-state index in [9.17, 15) is 4.79 Å². The summed E-state index contributed by atoms with van der Waals surface area (Å²) in [7, 11) is 1.66. The Morgan fingerprint density at radius 1 is 1.24 bits per heavy atom. The number of amides is 1. The Bertz CT molecular complexity index is 931. The van der Waals surface area contributed by atoms with Crippen LogP contribution in [0.3, 0.4) is 0 Å². The number of fused-ring (bicyclic) bond motifs is 1. The lowest BCUT2D eigenvalue weighted by atomic mass is 10.1. The second-order valence-electron chi connectivity index (χ2n) is 6.13. The summed E-state index contributed by atoms with van der Waals surface area (Å²) in [6, 6.07) is 7.93. The third-order valence-corrected chi connectivity index (χ3v) is 4.21. The molecule has 1 amide bonds. The first-order valence-electron chi connectivity index (χ1n) is 8.23. The molecule has 0 aliphatic heterocycles. The van der Waals surface area contributed by atoms with Gasteiger partial charge in [0.15, 0.2) is 5.65 Å². The quantitative estimate of drug-likeness (QED) is 0.776. The van der Waals surface area contributed by atoms with Gasteiger partial charge in [0, 0.05) is 18.8 Å². The predicted molar refractivity (Wildman–Crippen MR) is 96.2 cm³/mol. The van der Waals surface area contributed by atoms with Crippen LogP contribution in [0.4, 0.5) is 0 Å². The van der Waals surface area contributed by atoms with Crippen molar-refractivity contribution < 1.29 is 9.53 Å². The number of methoxy groups -OCH3 is 1. The number of carbonyl (C=O) groups excluding carboxylic acids is 1. The maximum atomic E-state index is 12.5. The Balaban J connectivity index is 1.71. The number of benzene rings is 1.